The molecule has 3 nitrogen and oxygen atoms in total. The number of nitrogens with two attached hydrogens (primary N) is 1. The lowest BCUT2D eigenvalue weighted by Crippen LogP contribution is -2.29. The summed E-state index contributed by atoms with van der Waals surface area (Å²) in [5.74, 6) is 0.803. The van der Waals surface area contributed by atoms with Crippen molar-refractivity contribution in [1.29, 1.82) is 0 Å². The van der Waals surface area contributed by atoms with E-state index in [0.717, 1.165) is 0 Å². The van der Waals surface area contributed by atoms with Crippen molar-refractivity contribution >= 4 is 5.78 Å². The number of hydrogen-bond acceptors (Lipinski definition) is 3. The van der Waals surface area contributed by atoms with Gasteiger partial charge in [-0.25, -0.2) is 0 Å². The number of para-hydroxylation sites is 1. The third kappa shape index (κ3) is 3.57. The number of hydrogen-bond donors (Lipinski definition) is 1. The van der Waals surface area contributed by atoms with Crippen LogP contribution in [0.5, 0.6) is 5.75 Å². The summed E-state index contributed by atoms with van der Waals surface area (Å²) in [5, 5.41) is 0. The number of Topliss-reactive ketones (excluding diaryl/α,β-unsaturated/α-hetero) is 1. The van der Waals surface area contributed by atoms with Gasteiger partial charge in [-0.2, -0.15) is 0 Å². The van der Waals surface area contributed by atoms with Gasteiger partial charge in [-0.15, -0.1) is 0 Å². The highest BCUT2D eigenvalue weighted by molar-refractivity contribution is 6.00. The van der Waals surface area contributed by atoms with E-state index in [1.807, 2.05) is 52.0 Å². The summed E-state index contributed by atoms with van der Waals surface area (Å²) in [6, 6.07) is 7.38. The zero-order chi connectivity index (χ0) is 13.7. The van der Waals surface area contributed by atoms with E-state index in [2.05, 4.69) is 0 Å². The molecule has 0 saturated carbocycles. The van der Waals surface area contributed by atoms with Gasteiger partial charge in [-0.1, -0.05) is 26.0 Å². The molecular formula is C15H23NO2. The molecule has 0 heterocycles. The second-order valence-corrected chi connectivity index (χ2v) is 5.11. The molecule has 0 saturated heterocycles. The van der Waals surface area contributed by atoms with E-state index in [1.54, 1.807) is 0 Å². The largest absolute Gasteiger partial charge is 0.490 e. The van der Waals surface area contributed by atoms with E-state index in [1.165, 1.54) is 0 Å². The number of carbonyl (C=O) groups is 1. The summed E-state index contributed by atoms with van der Waals surface area (Å²) in [7, 11) is 0. The minimum atomic E-state index is -0.151. The second-order valence-electron chi connectivity index (χ2n) is 5.11. The molecule has 1 aromatic rings. The Bertz CT molecular complexity index is 399. The first-order valence-corrected chi connectivity index (χ1v) is 6.47. The van der Waals surface area contributed by atoms with Gasteiger partial charge in [0.25, 0.3) is 0 Å². The van der Waals surface area contributed by atoms with Crippen LogP contribution < -0.4 is 10.5 Å². The lowest BCUT2D eigenvalue weighted by atomic mass is 9.88. The predicted octanol–water partition coefficient (Wildman–Crippen LogP) is 2.89. The Kier molecular flexibility index (Phi) is 5.35. The first-order chi connectivity index (χ1) is 8.47. The van der Waals surface area contributed by atoms with Crippen molar-refractivity contribution in [1.82, 2.24) is 0 Å². The third-order valence-electron chi connectivity index (χ3n) is 2.91. The van der Waals surface area contributed by atoms with E-state index in [4.69, 9.17) is 10.5 Å². The minimum absolute atomic E-state index is 0.0503. The van der Waals surface area contributed by atoms with Gasteiger partial charge in [0.15, 0.2) is 5.78 Å². The van der Waals surface area contributed by atoms with E-state index < -0.39 is 0 Å². The molecule has 1 atom stereocenters. The highest BCUT2D eigenvalue weighted by atomic mass is 16.5. The van der Waals surface area contributed by atoms with Gasteiger partial charge >= 0.3 is 0 Å². The van der Waals surface area contributed by atoms with E-state index in [-0.39, 0.29) is 23.7 Å². The van der Waals surface area contributed by atoms with Crippen molar-refractivity contribution < 1.29 is 9.53 Å². The summed E-state index contributed by atoms with van der Waals surface area (Å²) >= 11 is 0. The number of ketones is 1. The summed E-state index contributed by atoms with van der Waals surface area (Å²) in [6.45, 7) is 8.30. The normalized spacial score (nSPS) is 12.8. The first kappa shape index (κ1) is 14.7. The number of benzene rings is 1. The fourth-order valence-corrected chi connectivity index (χ4v) is 1.91. The molecule has 0 aromatic heterocycles. The highest BCUT2D eigenvalue weighted by Gasteiger charge is 2.24. The molecule has 18 heavy (non-hydrogen) atoms. The fraction of sp³-hybridized carbons (Fsp3) is 0.533. The molecule has 0 aliphatic heterocycles. The summed E-state index contributed by atoms with van der Waals surface area (Å²) in [6.07, 6.45) is 0.0503. The van der Waals surface area contributed by atoms with Crippen LogP contribution in [-0.4, -0.2) is 18.4 Å². The van der Waals surface area contributed by atoms with E-state index >= 15 is 0 Å². The van der Waals surface area contributed by atoms with Crippen LogP contribution in [0.3, 0.4) is 0 Å². The summed E-state index contributed by atoms with van der Waals surface area (Å²) < 4.78 is 5.68. The van der Waals surface area contributed by atoms with Crippen molar-refractivity contribution in [3.05, 3.63) is 29.8 Å². The molecule has 1 rings (SSSR count). The van der Waals surface area contributed by atoms with Crippen molar-refractivity contribution in [2.75, 3.05) is 6.54 Å². The topological polar surface area (TPSA) is 52.3 Å². The Balaban J connectivity index is 3.04. The van der Waals surface area contributed by atoms with Crippen molar-refractivity contribution in [3.63, 3.8) is 0 Å². The molecule has 1 unspecified atom stereocenters. The van der Waals surface area contributed by atoms with Gasteiger partial charge in [0.2, 0.25) is 0 Å². The lowest BCUT2D eigenvalue weighted by molar-refractivity contribution is 0.0886. The molecule has 2 N–H and O–H groups in total. The van der Waals surface area contributed by atoms with Crippen molar-refractivity contribution in [2.24, 2.45) is 17.6 Å². The molecule has 0 bridgehead atoms. The number of carbonyl (C=O) groups excluding carboxylic acids is 1. The Labute approximate surface area is 109 Å². The van der Waals surface area contributed by atoms with Crippen LogP contribution in [0.15, 0.2) is 24.3 Å². The van der Waals surface area contributed by atoms with Crippen LogP contribution >= 0.6 is 0 Å². The maximum absolute atomic E-state index is 12.5. The van der Waals surface area contributed by atoms with Crippen LogP contribution in [0.1, 0.15) is 38.1 Å². The van der Waals surface area contributed by atoms with Gasteiger partial charge in [-0.05, 0) is 31.9 Å². The van der Waals surface area contributed by atoms with Crippen molar-refractivity contribution in [3.8, 4) is 5.75 Å². The zero-order valence-corrected chi connectivity index (χ0v) is 11.6. The Morgan fingerprint density at radius 3 is 2.33 bits per heavy atom. The van der Waals surface area contributed by atoms with Crippen LogP contribution in [0.25, 0.3) is 0 Å². The summed E-state index contributed by atoms with van der Waals surface area (Å²) in [4.78, 5) is 12.5. The standard InChI is InChI=1S/C15H23NO2/c1-10(2)13(9-16)15(17)12-7-5-6-8-14(12)18-11(3)4/h5-8,10-11,13H,9,16H2,1-4H3. The molecule has 0 radical (unpaired) electrons. The van der Waals surface area contributed by atoms with Gasteiger partial charge in [0.1, 0.15) is 5.75 Å². The second kappa shape index (κ2) is 6.55. The lowest BCUT2D eigenvalue weighted by Gasteiger charge is -2.20. The molecule has 0 aliphatic carbocycles. The predicted molar refractivity (Wildman–Crippen MR) is 73.9 cm³/mol. The van der Waals surface area contributed by atoms with E-state index in [9.17, 15) is 4.79 Å². The van der Waals surface area contributed by atoms with Gasteiger partial charge in [0, 0.05) is 12.5 Å². The Hall–Kier alpha value is -1.35. The van der Waals surface area contributed by atoms with Gasteiger partial charge in [-0.3, -0.25) is 4.79 Å². The Morgan fingerprint density at radius 2 is 1.83 bits per heavy atom. The molecule has 0 fully saturated rings. The monoisotopic (exact) mass is 249 g/mol. The van der Waals surface area contributed by atoms with Crippen LogP contribution in [0.4, 0.5) is 0 Å². The van der Waals surface area contributed by atoms with Gasteiger partial charge in [0.05, 0.1) is 11.7 Å². The smallest absolute Gasteiger partial charge is 0.171 e. The van der Waals surface area contributed by atoms with Crippen LogP contribution in [0.2, 0.25) is 0 Å². The molecule has 3 heteroatoms. The Morgan fingerprint density at radius 1 is 1.22 bits per heavy atom. The maximum Gasteiger partial charge on any atom is 0.171 e. The molecular weight excluding hydrogens is 226 g/mol. The third-order valence-corrected chi connectivity index (χ3v) is 2.91. The van der Waals surface area contributed by atoms with Crippen LogP contribution in [-0.2, 0) is 0 Å². The number of ether oxygens (including phenoxy) is 1. The van der Waals surface area contributed by atoms with E-state index in [0.29, 0.717) is 17.9 Å². The molecule has 100 valence electrons. The quantitative estimate of drug-likeness (QED) is 0.789. The molecule has 0 amide bonds. The van der Waals surface area contributed by atoms with Crippen LogP contribution in [0, 0.1) is 11.8 Å². The summed E-state index contributed by atoms with van der Waals surface area (Å²) in [5.41, 5.74) is 6.34. The van der Waals surface area contributed by atoms with Gasteiger partial charge < -0.3 is 10.5 Å². The highest BCUT2D eigenvalue weighted by Crippen LogP contribution is 2.25. The molecule has 1 aromatic carbocycles. The minimum Gasteiger partial charge on any atom is -0.490 e. The number of rotatable bonds is 6. The SMILES string of the molecule is CC(C)Oc1ccccc1C(=O)C(CN)C(C)C. The maximum atomic E-state index is 12.5. The molecule has 0 aliphatic rings. The van der Waals surface area contributed by atoms with Crippen molar-refractivity contribution in [2.45, 2.75) is 33.8 Å². The average Bonchev–Trinajstić information content (AvgIpc) is 2.29. The molecule has 0 spiro atoms. The zero-order valence-electron chi connectivity index (χ0n) is 11.6. The fourth-order valence-electron chi connectivity index (χ4n) is 1.91. The average molecular weight is 249 g/mol. The first-order valence-electron chi connectivity index (χ1n) is 6.47.